The summed E-state index contributed by atoms with van der Waals surface area (Å²) in [5.41, 5.74) is 3.09. The molecule has 1 saturated heterocycles. The number of hydrogen-bond acceptors (Lipinski definition) is 3. The Kier molecular flexibility index (Phi) is 5.68. The Morgan fingerprint density at radius 3 is 2.50 bits per heavy atom. The fraction of sp³-hybridized carbons (Fsp3) is 0.208. The predicted octanol–water partition coefficient (Wildman–Crippen LogP) is 5.93. The first kappa shape index (κ1) is 18.6. The highest BCUT2D eigenvalue weighted by Crippen LogP contribution is 2.40. The Hall–Kier alpha value is -2.72. The van der Waals surface area contributed by atoms with Crippen molar-refractivity contribution in [3.63, 3.8) is 0 Å². The molecule has 1 heterocycles. The van der Waals surface area contributed by atoms with Gasteiger partial charge in [-0.15, -0.1) is 11.8 Å². The van der Waals surface area contributed by atoms with Crippen LogP contribution in [0.5, 0.6) is 11.5 Å². The van der Waals surface area contributed by atoms with Crippen LogP contribution in [0.2, 0.25) is 0 Å². The number of nitrogens with zero attached hydrogens (tertiary/aromatic N) is 1. The molecule has 3 nitrogen and oxygen atoms in total. The van der Waals surface area contributed by atoms with Gasteiger partial charge in [0.05, 0.1) is 0 Å². The van der Waals surface area contributed by atoms with E-state index in [4.69, 9.17) is 4.74 Å². The number of ether oxygens (including phenoxy) is 1. The van der Waals surface area contributed by atoms with Crippen LogP contribution in [-0.2, 0) is 6.42 Å². The lowest BCUT2D eigenvalue weighted by atomic mass is 10.1. The zero-order chi connectivity index (χ0) is 19.3. The van der Waals surface area contributed by atoms with Gasteiger partial charge in [-0.05, 0) is 53.9 Å². The fourth-order valence-corrected chi connectivity index (χ4v) is 4.60. The molecule has 142 valence electrons. The van der Waals surface area contributed by atoms with Gasteiger partial charge < -0.3 is 9.64 Å². The summed E-state index contributed by atoms with van der Waals surface area (Å²) < 4.78 is 5.97. The quantitative estimate of drug-likeness (QED) is 0.542. The second-order valence-corrected chi connectivity index (χ2v) is 7.95. The van der Waals surface area contributed by atoms with E-state index in [2.05, 4.69) is 13.0 Å². The highest BCUT2D eigenvalue weighted by Gasteiger charge is 2.31. The molecule has 4 heteroatoms. The molecule has 0 radical (unpaired) electrons. The average molecular weight is 390 g/mol. The highest BCUT2D eigenvalue weighted by atomic mass is 32.2. The number of para-hydroxylation sites is 1. The van der Waals surface area contributed by atoms with Gasteiger partial charge in [-0.3, -0.25) is 4.79 Å². The number of carbonyl (C=O) groups is 1. The maximum atomic E-state index is 13.1. The molecule has 1 fully saturated rings. The smallest absolute Gasteiger partial charge is 0.255 e. The summed E-state index contributed by atoms with van der Waals surface area (Å²) in [7, 11) is 0. The van der Waals surface area contributed by atoms with Gasteiger partial charge in [0.2, 0.25) is 0 Å². The molecule has 0 N–H and O–H groups in total. The number of hydrogen-bond donors (Lipinski definition) is 0. The molecule has 1 unspecified atom stereocenters. The molecular weight excluding hydrogens is 366 g/mol. The molecule has 0 spiro atoms. The van der Waals surface area contributed by atoms with Crippen molar-refractivity contribution in [2.45, 2.75) is 18.7 Å². The second kappa shape index (κ2) is 8.53. The van der Waals surface area contributed by atoms with Gasteiger partial charge in [-0.1, -0.05) is 49.4 Å². The van der Waals surface area contributed by atoms with Gasteiger partial charge in [-0.2, -0.15) is 0 Å². The summed E-state index contributed by atoms with van der Waals surface area (Å²) in [6, 6.07) is 25.8. The van der Waals surface area contributed by atoms with Gasteiger partial charge in [0.15, 0.2) is 0 Å². The summed E-state index contributed by atoms with van der Waals surface area (Å²) >= 11 is 1.80. The zero-order valence-corrected chi connectivity index (χ0v) is 16.7. The van der Waals surface area contributed by atoms with E-state index in [0.29, 0.717) is 0 Å². The number of benzene rings is 3. The van der Waals surface area contributed by atoms with Crippen molar-refractivity contribution in [2.75, 3.05) is 12.3 Å². The first-order valence-electron chi connectivity index (χ1n) is 9.59. The van der Waals surface area contributed by atoms with Gasteiger partial charge in [-0.25, -0.2) is 0 Å². The number of aryl methyl sites for hydroxylation is 1. The van der Waals surface area contributed by atoms with Crippen LogP contribution < -0.4 is 4.74 Å². The van der Waals surface area contributed by atoms with Crippen LogP contribution >= 0.6 is 11.8 Å². The van der Waals surface area contributed by atoms with Gasteiger partial charge in [0.25, 0.3) is 5.91 Å². The molecule has 1 aliphatic heterocycles. The van der Waals surface area contributed by atoms with E-state index in [9.17, 15) is 4.79 Å². The molecule has 28 heavy (non-hydrogen) atoms. The Balaban J connectivity index is 1.54. The number of amides is 1. The predicted molar refractivity (Wildman–Crippen MR) is 115 cm³/mol. The third-order valence-electron chi connectivity index (χ3n) is 4.88. The van der Waals surface area contributed by atoms with Gasteiger partial charge in [0.1, 0.15) is 16.9 Å². The van der Waals surface area contributed by atoms with Crippen molar-refractivity contribution in [1.82, 2.24) is 4.90 Å². The number of rotatable bonds is 5. The summed E-state index contributed by atoms with van der Waals surface area (Å²) in [6.07, 6.45) is 0.977. The van der Waals surface area contributed by atoms with Crippen LogP contribution in [0.4, 0.5) is 0 Å². The normalized spacial score (nSPS) is 16.2. The van der Waals surface area contributed by atoms with Crippen LogP contribution in [0.25, 0.3) is 0 Å². The van der Waals surface area contributed by atoms with Gasteiger partial charge in [0, 0.05) is 17.9 Å². The van der Waals surface area contributed by atoms with E-state index in [0.717, 1.165) is 41.3 Å². The minimum Gasteiger partial charge on any atom is -0.457 e. The Bertz CT molecular complexity index is 940. The monoisotopic (exact) mass is 389 g/mol. The van der Waals surface area contributed by atoms with E-state index in [-0.39, 0.29) is 11.3 Å². The summed E-state index contributed by atoms with van der Waals surface area (Å²) in [4.78, 5) is 15.1. The molecule has 0 aliphatic carbocycles. The topological polar surface area (TPSA) is 29.5 Å². The lowest BCUT2D eigenvalue weighted by Crippen LogP contribution is -2.30. The van der Waals surface area contributed by atoms with Crippen LogP contribution in [0.3, 0.4) is 0 Å². The fourth-order valence-electron chi connectivity index (χ4n) is 3.36. The van der Waals surface area contributed by atoms with E-state index in [1.54, 1.807) is 11.8 Å². The van der Waals surface area contributed by atoms with Gasteiger partial charge >= 0.3 is 0 Å². The Morgan fingerprint density at radius 1 is 1.00 bits per heavy atom. The highest BCUT2D eigenvalue weighted by molar-refractivity contribution is 7.99. The number of thioether (sulfide) groups is 1. The maximum Gasteiger partial charge on any atom is 0.255 e. The minimum absolute atomic E-state index is 0.0117. The molecular formula is C24H23NO2S. The summed E-state index contributed by atoms with van der Waals surface area (Å²) in [5, 5.41) is 0.0117. The number of carbonyl (C=O) groups excluding carboxylic acids is 1. The van der Waals surface area contributed by atoms with Crippen molar-refractivity contribution in [1.29, 1.82) is 0 Å². The standard InChI is InChI=1S/C24H23NO2S/c1-2-18-11-13-19(14-12-18)23(26)25-15-16-28-24(25)20-7-6-10-22(17-20)27-21-8-4-3-5-9-21/h3-14,17,24H,2,15-16H2,1H3. The van der Waals surface area contributed by atoms with E-state index < -0.39 is 0 Å². The zero-order valence-electron chi connectivity index (χ0n) is 15.9. The molecule has 0 aromatic heterocycles. The largest absolute Gasteiger partial charge is 0.457 e. The van der Waals surface area contributed by atoms with Crippen molar-refractivity contribution >= 4 is 17.7 Å². The van der Waals surface area contributed by atoms with Crippen LogP contribution in [0.15, 0.2) is 78.9 Å². The third kappa shape index (κ3) is 4.07. The molecule has 1 atom stereocenters. The molecule has 3 aromatic carbocycles. The van der Waals surface area contributed by atoms with E-state index in [1.165, 1.54) is 5.56 Å². The summed E-state index contributed by atoms with van der Waals surface area (Å²) in [5.74, 6) is 2.62. The molecule has 1 amide bonds. The third-order valence-corrected chi connectivity index (χ3v) is 6.14. The van der Waals surface area contributed by atoms with Crippen molar-refractivity contribution in [3.05, 3.63) is 95.6 Å². The Morgan fingerprint density at radius 2 is 1.75 bits per heavy atom. The van der Waals surface area contributed by atoms with Crippen molar-refractivity contribution in [3.8, 4) is 11.5 Å². The van der Waals surface area contributed by atoms with Crippen LogP contribution in [0, 0.1) is 0 Å². The lowest BCUT2D eigenvalue weighted by Gasteiger charge is -2.24. The van der Waals surface area contributed by atoms with E-state index in [1.807, 2.05) is 77.7 Å². The molecule has 4 rings (SSSR count). The first-order chi connectivity index (χ1) is 13.7. The van der Waals surface area contributed by atoms with Crippen LogP contribution in [0.1, 0.15) is 33.8 Å². The first-order valence-corrected chi connectivity index (χ1v) is 10.6. The molecule has 0 bridgehead atoms. The van der Waals surface area contributed by atoms with Crippen molar-refractivity contribution < 1.29 is 9.53 Å². The summed E-state index contributed by atoms with van der Waals surface area (Å²) in [6.45, 7) is 2.88. The van der Waals surface area contributed by atoms with Crippen molar-refractivity contribution in [2.24, 2.45) is 0 Å². The lowest BCUT2D eigenvalue weighted by molar-refractivity contribution is 0.0760. The molecule has 0 saturated carbocycles. The van der Waals surface area contributed by atoms with E-state index >= 15 is 0 Å². The van der Waals surface area contributed by atoms with Crippen LogP contribution in [-0.4, -0.2) is 23.1 Å². The maximum absolute atomic E-state index is 13.1. The minimum atomic E-state index is 0.0117. The average Bonchev–Trinajstić information content (AvgIpc) is 3.24. The second-order valence-electron chi connectivity index (χ2n) is 6.76. The SMILES string of the molecule is CCc1ccc(C(=O)N2CCSC2c2cccc(Oc3ccccc3)c2)cc1. The molecule has 1 aliphatic rings. The molecule has 3 aromatic rings. The Labute approximate surface area is 170 Å².